The van der Waals surface area contributed by atoms with E-state index in [4.69, 9.17) is 17.3 Å². The Labute approximate surface area is 115 Å². The summed E-state index contributed by atoms with van der Waals surface area (Å²) in [4.78, 5) is 7.67. The summed E-state index contributed by atoms with van der Waals surface area (Å²) in [5.74, 6) is -0.0799. The third kappa shape index (κ3) is 3.12. The van der Waals surface area contributed by atoms with Crippen molar-refractivity contribution in [3.63, 3.8) is 0 Å². The van der Waals surface area contributed by atoms with Crippen LogP contribution < -0.4 is 10.5 Å². The normalized spacial score (nSPS) is 11.3. The van der Waals surface area contributed by atoms with E-state index in [0.29, 0.717) is 11.3 Å². The van der Waals surface area contributed by atoms with E-state index < -0.39 is 10.0 Å². The highest BCUT2D eigenvalue weighted by Crippen LogP contribution is 2.20. The molecule has 3 N–H and O–H groups in total. The lowest BCUT2D eigenvalue weighted by molar-refractivity contribution is 0.600. The van der Waals surface area contributed by atoms with Gasteiger partial charge in [-0.15, -0.1) is 0 Å². The Morgan fingerprint density at radius 3 is 2.68 bits per heavy atom. The van der Waals surface area contributed by atoms with Crippen molar-refractivity contribution in [1.82, 2.24) is 9.97 Å². The number of hydrogen-bond acceptors (Lipinski definition) is 5. The van der Waals surface area contributed by atoms with Gasteiger partial charge in [-0.2, -0.15) is 0 Å². The van der Waals surface area contributed by atoms with Crippen molar-refractivity contribution in [1.29, 1.82) is 0 Å². The highest BCUT2D eigenvalue weighted by atomic mass is 35.5. The number of benzene rings is 1. The van der Waals surface area contributed by atoms with Gasteiger partial charge < -0.3 is 5.73 Å². The monoisotopic (exact) mass is 298 g/mol. The van der Waals surface area contributed by atoms with Gasteiger partial charge in [0, 0.05) is 11.9 Å². The quantitative estimate of drug-likeness (QED) is 0.665. The van der Waals surface area contributed by atoms with E-state index >= 15 is 0 Å². The minimum absolute atomic E-state index is 0.0799. The maximum absolute atomic E-state index is 12.2. The van der Waals surface area contributed by atoms with E-state index in [0.717, 1.165) is 0 Å². The number of nitrogens with one attached hydrogen (secondary N) is 1. The van der Waals surface area contributed by atoms with Gasteiger partial charge in [0.1, 0.15) is 5.15 Å². The fourth-order valence-corrected chi connectivity index (χ4v) is 2.85. The van der Waals surface area contributed by atoms with Gasteiger partial charge in [0.25, 0.3) is 10.0 Å². The van der Waals surface area contributed by atoms with Gasteiger partial charge in [0.2, 0.25) is 5.95 Å². The van der Waals surface area contributed by atoms with Crippen molar-refractivity contribution in [2.45, 2.75) is 11.8 Å². The van der Waals surface area contributed by atoms with Crippen LogP contribution >= 0.6 is 11.6 Å². The second-order valence-corrected chi connectivity index (χ2v) is 5.87. The molecule has 0 saturated heterocycles. The summed E-state index contributed by atoms with van der Waals surface area (Å²) in [7, 11) is -3.77. The second kappa shape index (κ2) is 5.02. The van der Waals surface area contributed by atoms with Crippen LogP contribution in [-0.2, 0) is 10.0 Å². The highest BCUT2D eigenvalue weighted by Gasteiger charge is 2.18. The highest BCUT2D eigenvalue weighted by molar-refractivity contribution is 7.92. The second-order valence-electron chi connectivity index (χ2n) is 3.83. The Morgan fingerprint density at radius 2 is 2.05 bits per heavy atom. The summed E-state index contributed by atoms with van der Waals surface area (Å²) in [5, 5.41) is 0.154. The average molecular weight is 299 g/mol. The van der Waals surface area contributed by atoms with Gasteiger partial charge in [0.15, 0.2) is 0 Å². The predicted octanol–water partition coefficient (Wildman–Crippen LogP) is 1.82. The van der Waals surface area contributed by atoms with Crippen LogP contribution in [0.25, 0.3) is 0 Å². The van der Waals surface area contributed by atoms with Gasteiger partial charge in [-0.3, -0.25) is 0 Å². The lowest BCUT2D eigenvalue weighted by Crippen LogP contribution is -2.16. The van der Waals surface area contributed by atoms with Crippen molar-refractivity contribution in [3.05, 3.63) is 41.2 Å². The van der Waals surface area contributed by atoms with Gasteiger partial charge >= 0.3 is 0 Å². The molecule has 0 aliphatic carbocycles. The SMILES string of the molecule is Cc1cc(N)ccc1S(=O)(=O)Nc1nccc(Cl)n1. The van der Waals surface area contributed by atoms with Crippen LogP contribution in [0.5, 0.6) is 0 Å². The molecule has 0 saturated carbocycles. The zero-order chi connectivity index (χ0) is 14.0. The fraction of sp³-hybridized carbons (Fsp3) is 0.0909. The number of nitrogens with two attached hydrogens (primary N) is 1. The Kier molecular flexibility index (Phi) is 3.59. The minimum atomic E-state index is -3.77. The molecular weight excluding hydrogens is 288 g/mol. The summed E-state index contributed by atoms with van der Waals surface area (Å²) < 4.78 is 26.6. The predicted molar refractivity (Wildman–Crippen MR) is 73.4 cm³/mol. The molecule has 1 heterocycles. The summed E-state index contributed by atoms with van der Waals surface area (Å²) in [5.41, 5.74) is 6.62. The summed E-state index contributed by atoms with van der Waals surface area (Å²) in [6.07, 6.45) is 1.36. The first-order valence-electron chi connectivity index (χ1n) is 5.26. The molecule has 0 amide bonds. The number of nitrogens with zero attached hydrogens (tertiary/aromatic N) is 2. The van der Waals surface area contributed by atoms with Crippen LogP contribution in [0, 0.1) is 6.92 Å². The smallest absolute Gasteiger partial charge is 0.264 e. The molecule has 6 nitrogen and oxygen atoms in total. The van der Waals surface area contributed by atoms with Gasteiger partial charge in [-0.25, -0.2) is 23.1 Å². The molecule has 1 aromatic carbocycles. The maximum atomic E-state index is 12.2. The molecule has 0 spiro atoms. The van der Waals surface area contributed by atoms with E-state index in [2.05, 4.69) is 14.7 Å². The molecule has 0 aliphatic heterocycles. The first-order chi connectivity index (χ1) is 8.88. The van der Waals surface area contributed by atoms with E-state index in [1.165, 1.54) is 24.4 Å². The standard InChI is InChI=1S/C11H11ClN4O2S/c1-7-6-8(13)2-3-9(7)19(17,18)16-11-14-5-4-10(12)15-11/h2-6H,13H2,1H3,(H,14,15,16). The summed E-state index contributed by atoms with van der Waals surface area (Å²) in [6.45, 7) is 1.66. The first kappa shape index (κ1) is 13.6. The summed E-state index contributed by atoms with van der Waals surface area (Å²) >= 11 is 5.67. The van der Waals surface area contributed by atoms with Crippen LogP contribution in [0.2, 0.25) is 5.15 Å². The van der Waals surface area contributed by atoms with E-state index in [1.54, 1.807) is 13.0 Å². The molecule has 19 heavy (non-hydrogen) atoms. The molecule has 0 fully saturated rings. The fourth-order valence-electron chi connectivity index (χ4n) is 1.54. The largest absolute Gasteiger partial charge is 0.399 e. The number of rotatable bonds is 3. The third-order valence-electron chi connectivity index (χ3n) is 2.34. The number of nitrogen functional groups attached to an aromatic ring is 1. The number of aryl methyl sites for hydroxylation is 1. The Balaban J connectivity index is 2.38. The van der Waals surface area contributed by atoms with E-state index in [-0.39, 0.29) is 16.0 Å². The topological polar surface area (TPSA) is 98.0 Å². The van der Waals surface area contributed by atoms with Crippen LogP contribution in [0.1, 0.15) is 5.56 Å². The molecule has 0 aliphatic rings. The number of anilines is 2. The lowest BCUT2D eigenvalue weighted by Gasteiger charge is -2.09. The number of hydrogen-bond donors (Lipinski definition) is 2. The van der Waals surface area contributed by atoms with E-state index in [1.807, 2.05) is 0 Å². The molecule has 2 aromatic rings. The van der Waals surface area contributed by atoms with Crippen molar-refractivity contribution in [3.8, 4) is 0 Å². The van der Waals surface area contributed by atoms with Gasteiger partial charge in [0.05, 0.1) is 4.90 Å². The zero-order valence-electron chi connectivity index (χ0n) is 9.96. The molecule has 0 bridgehead atoms. The molecule has 0 radical (unpaired) electrons. The Hall–Kier alpha value is -1.86. The molecule has 0 unspecified atom stereocenters. The minimum Gasteiger partial charge on any atom is -0.399 e. The van der Waals surface area contributed by atoms with Crippen molar-refractivity contribution in [2.24, 2.45) is 0 Å². The average Bonchev–Trinajstić information content (AvgIpc) is 2.27. The van der Waals surface area contributed by atoms with Gasteiger partial charge in [-0.05, 0) is 36.8 Å². The summed E-state index contributed by atoms with van der Waals surface area (Å²) in [6, 6.07) is 5.97. The van der Waals surface area contributed by atoms with Gasteiger partial charge in [-0.1, -0.05) is 11.6 Å². The van der Waals surface area contributed by atoms with Crippen LogP contribution in [-0.4, -0.2) is 18.4 Å². The van der Waals surface area contributed by atoms with Crippen molar-refractivity contribution < 1.29 is 8.42 Å². The first-order valence-corrected chi connectivity index (χ1v) is 7.12. The van der Waals surface area contributed by atoms with Crippen LogP contribution in [0.3, 0.4) is 0 Å². The molecule has 2 rings (SSSR count). The Bertz CT molecular complexity index is 718. The molecule has 100 valence electrons. The van der Waals surface area contributed by atoms with Crippen LogP contribution in [0.15, 0.2) is 35.4 Å². The zero-order valence-corrected chi connectivity index (χ0v) is 11.5. The van der Waals surface area contributed by atoms with Crippen molar-refractivity contribution in [2.75, 3.05) is 10.5 Å². The number of halogens is 1. The van der Waals surface area contributed by atoms with E-state index in [9.17, 15) is 8.42 Å². The van der Waals surface area contributed by atoms with Crippen LogP contribution in [0.4, 0.5) is 11.6 Å². The molecule has 1 aromatic heterocycles. The lowest BCUT2D eigenvalue weighted by atomic mass is 10.2. The Morgan fingerprint density at radius 1 is 1.32 bits per heavy atom. The number of aromatic nitrogens is 2. The van der Waals surface area contributed by atoms with Crippen molar-refractivity contribution >= 4 is 33.3 Å². The third-order valence-corrected chi connectivity index (χ3v) is 4.03. The molecule has 8 heteroatoms. The maximum Gasteiger partial charge on any atom is 0.264 e. The molecule has 0 atom stereocenters. The number of sulfonamides is 1. The molecular formula is C11H11ClN4O2S.